The fraction of sp³-hybridized carbons (Fsp3) is 0.333. The Morgan fingerprint density at radius 3 is 2.52 bits per heavy atom. The number of piperazine rings is 1. The number of benzene rings is 2. The van der Waals surface area contributed by atoms with Gasteiger partial charge in [0.05, 0.1) is 6.61 Å². The van der Waals surface area contributed by atoms with Gasteiger partial charge in [0, 0.05) is 55.2 Å². The molecule has 0 unspecified atom stereocenters. The highest BCUT2D eigenvalue weighted by Crippen LogP contribution is 2.20. The third-order valence-corrected chi connectivity index (χ3v) is 5.60. The molecule has 0 bridgehead atoms. The molecule has 3 aromatic rings. The Morgan fingerprint density at radius 1 is 1.06 bits per heavy atom. The molecular weight excluding hydrogens is 392 g/mol. The molecule has 1 aromatic heterocycles. The van der Waals surface area contributed by atoms with Gasteiger partial charge in [-0.25, -0.2) is 4.79 Å². The van der Waals surface area contributed by atoms with Gasteiger partial charge < -0.3 is 24.8 Å². The van der Waals surface area contributed by atoms with E-state index in [9.17, 15) is 9.59 Å². The molecule has 7 nitrogen and oxygen atoms in total. The zero-order chi connectivity index (χ0) is 21.8. The van der Waals surface area contributed by atoms with Gasteiger partial charge in [-0.2, -0.15) is 0 Å². The molecule has 4 rings (SSSR count). The number of amides is 1. The molecule has 7 heteroatoms. The van der Waals surface area contributed by atoms with Gasteiger partial charge in [0.1, 0.15) is 0 Å². The zero-order valence-electron chi connectivity index (χ0n) is 18.0. The summed E-state index contributed by atoms with van der Waals surface area (Å²) in [6, 6.07) is 16.1. The Balaban J connectivity index is 1.36. The maximum atomic E-state index is 12.4. The third-order valence-electron chi connectivity index (χ3n) is 5.60. The molecule has 0 aliphatic carbocycles. The number of fused-ring (bicyclic) bond motifs is 1. The van der Waals surface area contributed by atoms with Crippen molar-refractivity contribution in [1.29, 1.82) is 0 Å². The highest BCUT2D eigenvalue weighted by Gasteiger charge is 2.21. The molecule has 2 N–H and O–H groups in total. The van der Waals surface area contributed by atoms with E-state index in [1.165, 1.54) is 0 Å². The van der Waals surface area contributed by atoms with Gasteiger partial charge in [-0.15, -0.1) is 0 Å². The van der Waals surface area contributed by atoms with Crippen molar-refractivity contribution in [3.05, 3.63) is 70.0 Å². The van der Waals surface area contributed by atoms with E-state index in [0.717, 1.165) is 40.9 Å². The summed E-state index contributed by atoms with van der Waals surface area (Å²) in [5, 5.41) is 4.38. The van der Waals surface area contributed by atoms with Crippen LogP contribution in [0.2, 0.25) is 0 Å². The second-order valence-electron chi connectivity index (χ2n) is 7.79. The SMILES string of the molecule is CCOC(=O)N1CCN(c2ccc(NCc3cc4cc(C)ccc4[nH]c3=O)cc2)CC1. The van der Waals surface area contributed by atoms with Gasteiger partial charge >= 0.3 is 6.09 Å². The van der Waals surface area contributed by atoms with E-state index in [1.807, 2.05) is 44.2 Å². The summed E-state index contributed by atoms with van der Waals surface area (Å²) in [6.07, 6.45) is -0.236. The lowest BCUT2D eigenvalue weighted by atomic mass is 10.1. The molecule has 0 spiro atoms. The van der Waals surface area contributed by atoms with Gasteiger partial charge in [0.25, 0.3) is 5.56 Å². The fourth-order valence-corrected chi connectivity index (χ4v) is 3.85. The number of hydrogen-bond acceptors (Lipinski definition) is 5. The summed E-state index contributed by atoms with van der Waals surface area (Å²) in [7, 11) is 0. The normalized spacial score (nSPS) is 14.0. The van der Waals surface area contributed by atoms with E-state index in [4.69, 9.17) is 4.74 Å². The lowest BCUT2D eigenvalue weighted by Gasteiger charge is -2.35. The molecule has 1 aliphatic heterocycles. The number of H-pyrrole nitrogens is 1. The minimum atomic E-state index is -0.236. The van der Waals surface area contributed by atoms with Crippen LogP contribution >= 0.6 is 0 Å². The van der Waals surface area contributed by atoms with Crippen LogP contribution in [0.15, 0.2) is 53.3 Å². The van der Waals surface area contributed by atoms with Crippen molar-refractivity contribution < 1.29 is 9.53 Å². The van der Waals surface area contributed by atoms with Crippen LogP contribution in [0.4, 0.5) is 16.2 Å². The van der Waals surface area contributed by atoms with Crippen LogP contribution in [0, 0.1) is 6.92 Å². The van der Waals surface area contributed by atoms with E-state index >= 15 is 0 Å². The van der Waals surface area contributed by atoms with Crippen molar-refractivity contribution in [1.82, 2.24) is 9.88 Å². The van der Waals surface area contributed by atoms with Gasteiger partial charge in [-0.3, -0.25) is 4.79 Å². The van der Waals surface area contributed by atoms with Gasteiger partial charge in [-0.05, 0) is 61.7 Å². The molecule has 2 aromatic carbocycles. The van der Waals surface area contributed by atoms with E-state index in [-0.39, 0.29) is 11.7 Å². The number of pyridine rings is 1. The second kappa shape index (κ2) is 9.12. The van der Waals surface area contributed by atoms with E-state index in [0.29, 0.717) is 31.8 Å². The molecular formula is C24H28N4O3. The van der Waals surface area contributed by atoms with E-state index in [2.05, 4.69) is 33.4 Å². The summed E-state index contributed by atoms with van der Waals surface area (Å²) in [5.41, 5.74) is 4.73. The molecule has 1 saturated heterocycles. The number of anilines is 2. The number of carbonyl (C=O) groups excluding carboxylic acids is 1. The first kappa shape index (κ1) is 20.8. The Labute approximate surface area is 181 Å². The number of aryl methyl sites for hydroxylation is 1. The lowest BCUT2D eigenvalue weighted by molar-refractivity contribution is 0.105. The highest BCUT2D eigenvalue weighted by atomic mass is 16.6. The van der Waals surface area contributed by atoms with Crippen molar-refractivity contribution in [3.63, 3.8) is 0 Å². The van der Waals surface area contributed by atoms with Crippen molar-refractivity contribution in [2.45, 2.75) is 20.4 Å². The van der Waals surface area contributed by atoms with Crippen LogP contribution in [0.25, 0.3) is 10.9 Å². The summed E-state index contributed by atoms with van der Waals surface area (Å²) in [4.78, 5) is 31.2. The Kier molecular flexibility index (Phi) is 6.11. The monoisotopic (exact) mass is 420 g/mol. The molecule has 0 saturated carbocycles. The van der Waals surface area contributed by atoms with Gasteiger partial charge in [-0.1, -0.05) is 11.6 Å². The number of aromatic amines is 1. The van der Waals surface area contributed by atoms with Crippen LogP contribution in [-0.4, -0.2) is 48.8 Å². The van der Waals surface area contributed by atoms with Crippen LogP contribution in [0.1, 0.15) is 18.1 Å². The number of carbonyl (C=O) groups is 1. The molecule has 0 radical (unpaired) electrons. The quantitative estimate of drug-likeness (QED) is 0.658. The first-order valence-electron chi connectivity index (χ1n) is 10.7. The molecule has 0 atom stereocenters. The largest absolute Gasteiger partial charge is 0.450 e. The molecule has 1 aliphatic rings. The zero-order valence-corrected chi connectivity index (χ0v) is 18.0. The Morgan fingerprint density at radius 2 is 1.81 bits per heavy atom. The number of rotatable bonds is 5. The number of ether oxygens (including phenoxy) is 1. The maximum absolute atomic E-state index is 12.4. The second-order valence-corrected chi connectivity index (χ2v) is 7.79. The summed E-state index contributed by atoms with van der Waals surface area (Å²) in [5.74, 6) is 0. The number of nitrogens with zero attached hydrogens (tertiary/aromatic N) is 2. The number of hydrogen-bond donors (Lipinski definition) is 2. The minimum Gasteiger partial charge on any atom is -0.450 e. The molecule has 31 heavy (non-hydrogen) atoms. The first-order valence-corrected chi connectivity index (χ1v) is 10.7. The average molecular weight is 421 g/mol. The highest BCUT2D eigenvalue weighted by molar-refractivity contribution is 5.79. The smallest absolute Gasteiger partial charge is 0.409 e. The lowest BCUT2D eigenvalue weighted by Crippen LogP contribution is -2.49. The Hall–Kier alpha value is -3.48. The topological polar surface area (TPSA) is 77.7 Å². The summed E-state index contributed by atoms with van der Waals surface area (Å²) >= 11 is 0. The predicted octanol–water partition coefficient (Wildman–Crippen LogP) is 3.73. The molecule has 1 amide bonds. The fourth-order valence-electron chi connectivity index (χ4n) is 3.85. The first-order chi connectivity index (χ1) is 15.0. The van der Waals surface area contributed by atoms with Crippen LogP contribution in [0.5, 0.6) is 0 Å². The number of aromatic nitrogens is 1. The van der Waals surface area contributed by atoms with Crippen LogP contribution in [0.3, 0.4) is 0 Å². The maximum Gasteiger partial charge on any atom is 0.409 e. The summed E-state index contributed by atoms with van der Waals surface area (Å²) < 4.78 is 5.07. The van der Waals surface area contributed by atoms with E-state index < -0.39 is 0 Å². The standard InChI is InChI=1S/C24H28N4O3/c1-3-31-24(30)28-12-10-27(11-13-28)21-7-5-20(6-8-21)25-16-19-15-18-14-17(2)4-9-22(18)26-23(19)29/h4-9,14-15,25H,3,10-13,16H2,1-2H3,(H,26,29). The van der Waals surface area contributed by atoms with Crippen molar-refractivity contribution >= 4 is 28.4 Å². The average Bonchev–Trinajstić information content (AvgIpc) is 2.78. The van der Waals surface area contributed by atoms with Crippen molar-refractivity contribution in [2.75, 3.05) is 43.0 Å². The van der Waals surface area contributed by atoms with Crippen molar-refractivity contribution in [2.24, 2.45) is 0 Å². The van der Waals surface area contributed by atoms with Crippen LogP contribution < -0.4 is 15.8 Å². The predicted molar refractivity (Wildman–Crippen MR) is 124 cm³/mol. The van der Waals surface area contributed by atoms with Gasteiger partial charge in [0.15, 0.2) is 0 Å². The third kappa shape index (κ3) is 4.82. The Bertz CT molecular complexity index is 1120. The molecule has 2 heterocycles. The minimum absolute atomic E-state index is 0.0695. The van der Waals surface area contributed by atoms with Crippen molar-refractivity contribution in [3.8, 4) is 0 Å². The van der Waals surface area contributed by atoms with Gasteiger partial charge in [0.2, 0.25) is 0 Å². The summed E-state index contributed by atoms with van der Waals surface area (Å²) in [6.45, 7) is 7.58. The number of nitrogens with one attached hydrogen (secondary N) is 2. The van der Waals surface area contributed by atoms with Crippen LogP contribution in [-0.2, 0) is 11.3 Å². The molecule has 1 fully saturated rings. The molecule has 162 valence electrons. The van der Waals surface area contributed by atoms with E-state index in [1.54, 1.807) is 4.90 Å².